The lowest BCUT2D eigenvalue weighted by molar-refractivity contribution is -0.172. The van der Waals surface area contributed by atoms with Gasteiger partial charge in [0.25, 0.3) is 0 Å². The molecule has 0 aliphatic heterocycles. The largest absolute Gasteiger partial charge is 0.275 e. The highest BCUT2D eigenvalue weighted by Crippen LogP contribution is 2.05. The van der Waals surface area contributed by atoms with Crippen molar-refractivity contribution in [3.8, 4) is 0 Å². The van der Waals surface area contributed by atoms with Gasteiger partial charge in [0.1, 0.15) is 0 Å². The quantitative estimate of drug-likeness (QED) is 0.453. The van der Waals surface area contributed by atoms with Crippen LogP contribution in [-0.4, -0.2) is 25.1 Å². The summed E-state index contributed by atoms with van der Waals surface area (Å²) in [7, 11) is 3.07. The molecule has 0 aromatic heterocycles. The van der Waals surface area contributed by atoms with Crippen molar-refractivity contribution in [3.05, 3.63) is 12.7 Å². The fourth-order valence-electron chi connectivity index (χ4n) is 0.751. The third-order valence-corrected chi connectivity index (χ3v) is 1.53. The summed E-state index contributed by atoms with van der Waals surface area (Å²) in [5, 5.41) is 1.23. The zero-order chi connectivity index (χ0) is 8.85. The van der Waals surface area contributed by atoms with E-state index in [2.05, 4.69) is 6.58 Å². The van der Waals surface area contributed by atoms with E-state index in [1.54, 1.807) is 13.1 Å². The Labute approximate surface area is 67.6 Å². The van der Waals surface area contributed by atoms with Gasteiger partial charge in [-0.25, -0.2) is 5.06 Å². The van der Waals surface area contributed by atoms with Gasteiger partial charge in [-0.05, 0) is 6.42 Å². The highest BCUT2D eigenvalue weighted by atomic mass is 16.7. The standard InChI is InChI=1S/C8H15NO2/c1-5-6-7(2)8(10)9(3)11-4/h5,7H,1,6H2,2-4H3/t7-/m1/s1. The van der Waals surface area contributed by atoms with Crippen LogP contribution in [0.25, 0.3) is 0 Å². The van der Waals surface area contributed by atoms with E-state index in [0.29, 0.717) is 6.42 Å². The molecule has 64 valence electrons. The highest BCUT2D eigenvalue weighted by Gasteiger charge is 2.15. The Balaban J connectivity index is 3.90. The van der Waals surface area contributed by atoms with Crippen molar-refractivity contribution in [1.82, 2.24) is 5.06 Å². The Morgan fingerprint density at radius 3 is 2.73 bits per heavy atom. The molecule has 0 unspecified atom stereocenters. The Morgan fingerprint density at radius 1 is 1.82 bits per heavy atom. The minimum Gasteiger partial charge on any atom is -0.275 e. The van der Waals surface area contributed by atoms with E-state index in [-0.39, 0.29) is 11.8 Å². The molecule has 1 amide bonds. The monoisotopic (exact) mass is 157 g/mol. The molecule has 0 aromatic carbocycles. The summed E-state index contributed by atoms with van der Waals surface area (Å²) in [6, 6.07) is 0. The first-order valence-corrected chi connectivity index (χ1v) is 3.56. The van der Waals surface area contributed by atoms with Crippen LogP contribution in [0.1, 0.15) is 13.3 Å². The maximum absolute atomic E-state index is 11.2. The normalized spacial score (nSPS) is 12.3. The lowest BCUT2D eigenvalue weighted by Gasteiger charge is -2.17. The molecular formula is C8H15NO2. The van der Waals surface area contributed by atoms with Crippen LogP contribution >= 0.6 is 0 Å². The van der Waals surface area contributed by atoms with Crippen molar-refractivity contribution in [2.45, 2.75) is 13.3 Å². The molecule has 0 saturated heterocycles. The van der Waals surface area contributed by atoms with Crippen LogP contribution in [0.2, 0.25) is 0 Å². The first-order chi connectivity index (χ1) is 5.13. The summed E-state index contributed by atoms with van der Waals surface area (Å²) in [6.07, 6.45) is 2.42. The first kappa shape index (κ1) is 10.2. The topological polar surface area (TPSA) is 29.5 Å². The van der Waals surface area contributed by atoms with Crippen LogP contribution in [0.3, 0.4) is 0 Å². The molecule has 0 N–H and O–H groups in total. The average Bonchev–Trinajstić information content (AvgIpc) is 2.02. The molecule has 0 fully saturated rings. The summed E-state index contributed by atoms with van der Waals surface area (Å²) in [5.74, 6) is -0.0650. The van der Waals surface area contributed by atoms with Crippen LogP contribution < -0.4 is 0 Å². The van der Waals surface area contributed by atoms with E-state index in [4.69, 9.17) is 4.84 Å². The maximum Gasteiger partial charge on any atom is 0.248 e. The molecule has 0 heterocycles. The van der Waals surface area contributed by atoms with Crippen LogP contribution in [0, 0.1) is 5.92 Å². The second-order valence-corrected chi connectivity index (χ2v) is 2.44. The number of allylic oxidation sites excluding steroid dienone is 1. The van der Waals surface area contributed by atoms with Crippen molar-refractivity contribution in [1.29, 1.82) is 0 Å². The van der Waals surface area contributed by atoms with E-state index in [1.807, 2.05) is 6.92 Å². The molecule has 0 rings (SSSR count). The van der Waals surface area contributed by atoms with Crippen molar-refractivity contribution in [3.63, 3.8) is 0 Å². The minimum absolute atomic E-state index is 0.0209. The molecule has 0 spiro atoms. The van der Waals surface area contributed by atoms with Gasteiger partial charge >= 0.3 is 0 Å². The number of hydrogen-bond donors (Lipinski definition) is 0. The fraction of sp³-hybridized carbons (Fsp3) is 0.625. The Hall–Kier alpha value is -0.830. The third-order valence-electron chi connectivity index (χ3n) is 1.53. The van der Waals surface area contributed by atoms with Gasteiger partial charge in [0.15, 0.2) is 0 Å². The van der Waals surface area contributed by atoms with Gasteiger partial charge in [-0.1, -0.05) is 13.0 Å². The van der Waals surface area contributed by atoms with Crippen LogP contribution in [-0.2, 0) is 9.63 Å². The van der Waals surface area contributed by atoms with Gasteiger partial charge in [-0.3, -0.25) is 9.63 Å². The molecular weight excluding hydrogens is 142 g/mol. The SMILES string of the molecule is C=CC[C@@H](C)C(=O)N(C)OC. The van der Waals surface area contributed by atoms with Crippen molar-refractivity contribution in [2.24, 2.45) is 5.92 Å². The highest BCUT2D eigenvalue weighted by molar-refractivity contribution is 5.77. The Bertz CT molecular complexity index is 145. The molecule has 0 aliphatic carbocycles. The zero-order valence-electron chi connectivity index (χ0n) is 7.33. The Kier molecular flexibility index (Phi) is 4.54. The molecule has 0 aliphatic rings. The molecule has 3 nitrogen and oxygen atoms in total. The summed E-state index contributed by atoms with van der Waals surface area (Å²) in [6.45, 7) is 5.40. The number of hydroxylamine groups is 2. The van der Waals surface area contributed by atoms with Crippen molar-refractivity contribution < 1.29 is 9.63 Å². The van der Waals surface area contributed by atoms with Gasteiger partial charge in [0.05, 0.1) is 7.11 Å². The van der Waals surface area contributed by atoms with Crippen LogP contribution in [0.15, 0.2) is 12.7 Å². The van der Waals surface area contributed by atoms with E-state index < -0.39 is 0 Å². The number of amides is 1. The zero-order valence-corrected chi connectivity index (χ0v) is 7.33. The molecule has 0 saturated carbocycles. The van der Waals surface area contributed by atoms with Crippen molar-refractivity contribution >= 4 is 5.91 Å². The summed E-state index contributed by atoms with van der Waals surface area (Å²) < 4.78 is 0. The van der Waals surface area contributed by atoms with Crippen molar-refractivity contribution in [2.75, 3.05) is 14.2 Å². The van der Waals surface area contributed by atoms with E-state index in [9.17, 15) is 4.79 Å². The Morgan fingerprint density at radius 2 is 2.36 bits per heavy atom. The summed E-state index contributed by atoms with van der Waals surface area (Å²) >= 11 is 0. The smallest absolute Gasteiger partial charge is 0.248 e. The molecule has 0 bridgehead atoms. The number of hydrogen-bond acceptors (Lipinski definition) is 2. The average molecular weight is 157 g/mol. The lowest BCUT2D eigenvalue weighted by Crippen LogP contribution is -2.30. The molecule has 3 heteroatoms. The third kappa shape index (κ3) is 3.18. The van der Waals surface area contributed by atoms with Crippen LogP contribution in [0.4, 0.5) is 0 Å². The number of carbonyl (C=O) groups is 1. The predicted molar refractivity (Wildman–Crippen MR) is 43.8 cm³/mol. The van der Waals surface area contributed by atoms with Gasteiger partial charge in [-0.15, -0.1) is 6.58 Å². The van der Waals surface area contributed by atoms with Gasteiger partial charge in [0.2, 0.25) is 5.91 Å². The molecule has 0 radical (unpaired) electrons. The summed E-state index contributed by atoms with van der Waals surface area (Å²) in [5.41, 5.74) is 0. The van der Waals surface area contributed by atoms with E-state index >= 15 is 0 Å². The van der Waals surface area contributed by atoms with Gasteiger partial charge < -0.3 is 0 Å². The molecule has 0 aromatic rings. The molecule has 11 heavy (non-hydrogen) atoms. The molecule has 1 atom stereocenters. The lowest BCUT2D eigenvalue weighted by atomic mass is 10.1. The maximum atomic E-state index is 11.2. The van der Waals surface area contributed by atoms with E-state index in [0.717, 1.165) is 0 Å². The summed E-state index contributed by atoms with van der Waals surface area (Å²) in [4.78, 5) is 15.9. The fourth-order valence-corrected chi connectivity index (χ4v) is 0.751. The van der Waals surface area contributed by atoms with Crippen LogP contribution in [0.5, 0.6) is 0 Å². The number of carbonyl (C=O) groups excluding carboxylic acids is 1. The van der Waals surface area contributed by atoms with E-state index in [1.165, 1.54) is 12.2 Å². The second kappa shape index (κ2) is 4.91. The first-order valence-electron chi connectivity index (χ1n) is 3.56. The predicted octanol–water partition coefficient (Wildman–Crippen LogP) is 1.22. The number of nitrogens with zero attached hydrogens (tertiary/aromatic N) is 1. The second-order valence-electron chi connectivity index (χ2n) is 2.44. The van der Waals surface area contributed by atoms with Gasteiger partial charge in [-0.2, -0.15) is 0 Å². The van der Waals surface area contributed by atoms with Gasteiger partial charge in [0, 0.05) is 13.0 Å². The minimum atomic E-state index is -0.0440. The number of rotatable bonds is 4.